The number of aryl methyl sites for hydroxylation is 1. The highest BCUT2D eigenvalue weighted by Gasteiger charge is 2.27. The van der Waals surface area contributed by atoms with Gasteiger partial charge in [-0.25, -0.2) is 0 Å². The Morgan fingerprint density at radius 1 is 1.22 bits per heavy atom. The van der Waals surface area contributed by atoms with Crippen LogP contribution in [0.2, 0.25) is 5.02 Å². The molecular weight excluding hydrogens is 316 g/mol. The summed E-state index contributed by atoms with van der Waals surface area (Å²) < 4.78 is 0. The number of benzene rings is 1. The standard InChI is InChI=1S/C17H23ClN2O3/c1-11-7-8-13(18)9-15(11)20-17(23)16(22)19-14-6-4-2-3-5-12(14)10-21/h7-9,12,14,21H,2-6,10H2,1H3,(H,19,22)(H,20,23). The van der Waals surface area contributed by atoms with Gasteiger partial charge >= 0.3 is 11.8 Å². The lowest BCUT2D eigenvalue weighted by Gasteiger charge is -2.24. The number of anilines is 1. The maximum Gasteiger partial charge on any atom is 0.313 e. The highest BCUT2D eigenvalue weighted by atomic mass is 35.5. The fourth-order valence-corrected chi connectivity index (χ4v) is 3.11. The Bertz CT molecular complexity index is 577. The van der Waals surface area contributed by atoms with Crippen LogP contribution in [0, 0.1) is 12.8 Å². The second-order valence-corrected chi connectivity index (χ2v) is 6.51. The number of amides is 2. The number of nitrogens with one attached hydrogen (secondary N) is 2. The molecule has 3 N–H and O–H groups in total. The minimum atomic E-state index is -0.712. The quantitative estimate of drug-likeness (QED) is 0.585. The fraction of sp³-hybridized carbons (Fsp3) is 0.529. The van der Waals surface area contributed by atoms with Crippen molar-refractivity contribution in [1.29, 1.82) is 0 Å². The lowest BCUT2D eigenvalue weighted by Crippen LogP contribution is -2.45. The third kappa shape index (κ3) is 4.94. The molecule has 0 aromatic heterocycles. The van der Waals surface area contributed by atoms with Gasteiger partial charge in [-0.3, -0.25) is 9.59 Å². The van der Waals surface area contributed by atoms with Crippen molar-refractivity contribution in [2.45, 2.75) is 45.1 Å². The van der Waals surface area contributed by atoms with E-state index in [4.69, 9.17) is 11.6 Å². The van der Waals surface area contributed by atoms with E-state index in [2.05, 4.69) is 10.6 Å². The molecule has 0 radical (unpaired) electrons. The van der Waals surface area contributed by atoms with E-state index in [0.717, 1.165) is 37.7 Å². The van der Waals surface area contributed by atoms with Crippen molar-refractivity contribution >= 4 is 29.1 Å². The molecular formula is C17H23ClN2O3. The van der Waals surface area contributed by atoms with Crippen molar-refractivity contribution in [2.75, 3.05) is 11.9 Å². The first-order chi connectivity index (χ1) is 11.0. The monoisotopic (exact) mass is 338 g/mol. The summed E-state index contributed by atoms with van der Waals surface area (Å²) >= 11 is 5.91. The molecule has 1 saturated carbocycles. The van der Waals surface area contributed by atoms with E-state index in [1.54, 1.807) is 18.2 Å². The molecule has 6 heteroatoms. The minimum Gasteiger partial charge on any atom is -0.396 e. The van der Waals surface area contributed by atoms with Crippen LogP contribution in [-0.4, -0.2) is 29.6 Å². The topological polar surface area (TPSA) is 78.4 Å². The van der Waals surface area contributed by atoms with Crippen LogP contribution in [0.5, 0.6) is 0 Å². The Morgan fingerprint density at radius 3 is 2.70 bits per heavy atom. The van der Waals surface area contributed by atoms with Crippen LogP contribution >= 0.6 is 11.6 Å². The Kier molecular flexibility index (Phi) is 6.42. The van der Waals surface area contributed by atoms with Crippen molar-refractivity contribution in [3.05, 3.63) is 28.8 Å². The number of halogens is 1. The predicted octanol–water partition coefficient (Wildman–Crippen LogP) is 2.64. The lowest BCUT2D eigenvalue weighted by molar-refractivity contribution is -0.137. The summed E-state index contributed by atoms with van der Waals surface area (Å²) in [4.78, 5) is 24.2. The molecule has 1 aromatic carbocycles. The van der Waals surface area contributed by atoms with E-state index < -0.39 is 11.8 Å². The van der Waals surface area contributed by atoms with Gasteiger partial charge in [-0.2, -0.15) is 0 Å². The largest absolute Gasteiger partial charge is 0.396 e. The SMILES string of the molecule is Cc1ccc(Cl)cc1NC(=O)C(=O)NC1CCCCCC1CO. The zero-order chi connectivity index (χ0) is 16.8. The van der Waals surface area contributed by atoms with Crippen molar-refractivity contribution in [1.82, 2.24) is 5.32 Å². The number of hydrogen-bond acceptors (Lipinski definition) is 3. The molecule has 0 heterocycles. The average Bonchev–Trinajstić information content (AvgIpc) is 2.75. The van der Waals surface area contributed by atoms with Crippen LogP contribution in [0.15, 0.2) is 18.2 Å². The normalized spacial score (nSPS) is 21.3. The molecule has 1 aromatic rings. The molecule has 23 heavy (non-hydrogen) atoms. The lowest BCUT2D eigenvalue weighted by atomic mass is 9.95. The van der Waals surface area contributed by atoms with Gasteiger partial charge in [-0.1, -0.05) is 36.9 Å². The van der Waals surface area contributed by atoms with Crippen molar-refractivity contribution in [3.63, 3.8) is 0 Å². The van der Waals surface area contributed by atoms with E-state index in [1.807, 2.05) is 6.92 Å². The second-order valence-electron chi connectivity index (χ2n) is 6.07. The highest BCUT2D eigenvalue weighted by molar-refractivity contribution is 6.40. The first kappa shape index (κ1) is 17.8. The number of carbonyl (C=O) groups is 2. The first-order valence-electron chi connectivity index (χ1n) is 8.00. The van der Waals surface area contributed by atoms with E-state index in [0.29, 0.717) is 10.7 Å². The van der Waals surface area contributed by atoms with Gasteiger partial charge in [0.2, 0.25) is 0 Å². The van der Waals surface area contributed by atoms with Crippen LogP contribution in [0.1, 0.15) is 37.7 Å². The summed E-state index contributed by atoms with van der Waals surface area (Å²) in [6, 6.07) is 4.97. The molecule has 2 atom stereocenters. The van der Waals surface area contributed by atoms with Gasteiger partial charge in [-0.05, 0) is 37.5 Å². The van der Waals surface area contributed by atoms with Crippen LogP contribution in [0.4, 0.5) is 5.69 Å². The molecule has 0 spiro atoms. The van der Waals surface area contributed by atoms with Crippen molar-refractivity contribution in [2.24, 2.45) is 5.92 Å². The molecule has 0 bridgehead atoms. The van der Waals surface area contributed by atoms with Crippen LogP contribution < -0.4 is 10.6 Å². The predicted molar refractivity (Wildman–Crippen MR) is 90.4 cm³/mol. The molecule has 1 aliphatic rings. The van der Waals surface area contributed by atoms with Crippen molar-refractivity contribution in [3.8, 4) is 0 Å². The van der Waals surface area contributed by atoms with Gasteiger partial charge in [0.05, 0.1) is 0 Å². The maximum atomic E-state index is 12.1. The fourth-order valence-electron chi connectivity index (χ4n) is 2.93. The molecule has 2 unspecified atom stereocenters. The molecule has 126 valence electrons. The highest BCUT2D eigenvalue weighted by Crippen LogP contribution is 2.23. The molecule has 1 fully saturated rings. The molecule has 1 aliphatic carbocycles. The molecule has 5 nitrogen and oxygen atoms in total. The summed E-state index contributed by atoms with van der Waals surface area (Å²) in [7, 11) is 0. The van der Waals surface area contributed by atoms with E-state index in [9.17, 15) is 14.7 Å². The Labute approximate surface area is 141 Å². The van der Waals surface area contributed by atoms with Gasteiger partial charge in [0.25, 0.3) is 0 Å². The average molecular weight is 339 g/mol. The van der Waals surface area contributed by atoms with E-state index in [-0.39, 0.29) is 18.6 Å². The van der Waals surface area contributed by atoms with E-state index in [1.165, 1.54) is 0 Å². The molecule has 0 saturated heterocycles. The Hall–Kier alpha value is -1.59. The summed E-state index contributed by atoms with van der Waals surface area (Å²) in [5.74, 6) is -1.37. The number of aliphatic hydroxyl groups is 1. The number of hydrogen-bond donors (Lipinski definition) is 3. The summed E-state index contributed by atoms with van der Waals surface area (Å²) in [6.07, 6.45) is 4.80. The van der Waals surface area contributed by atoms with Crippen molar-refractivity contribution < 1.29 is 14.7 Å². The van der Waals surface area contributed by atoms with Gasteiger partial charge in [-0.15, -0.1) is 0 Å². The zero-order valence-corrected chi connectivity index (χ0v) is 14.0. The van der Waals surface area contributed by atoms with Gasteiger partial charge in [0.1, 0.15) is 0 Å². The zero-order valence-electron chi connectivity index (χ0n) is 13.3. The summed E-state index contributed by atoms with van der Waals surface area (Å²) in [6.45, 7) is 1.86. The Balaban J connectivity index is 1.98. The van der Waals surface area contributed by atoms with Crippen LogP contribution in [-0.2, 0) is 9.59 Å². The van der Waals surface area contributed by atoms with Crippen LogP contribution in [0.25, 0.3) is 0 Å². The number of carbonyl (C=O) groups excluding carboxylic acids is 2. The van der Waals surface area contributed by atoms with Crippen LogP contribution in [0.3, 0.4) is 0 Å². The van der Waals surface area contributed by atoms with Gasteiger partial charge < -0.3 is 15.7 Å². The van der Waals surface area contributed by atoms with E-state index >= 15 is 0 Å². The maximum absolute atomic E-state index is 12.1. The number of rotatable bonds is 3. The van der Waals surface area contributed by atoms with Gasteiger partial charge in [0.15, 0.2) is 0 Å². The minimum absolute atomic E-state index is 0.0159. The summed E-state index contributed by atoms with van der Waals surface area (Å²) in [5, 5.41) is 15.3. The summed E-state index contributed by atoms with van der Waals surface area (Å²) in [5.41, 5.74) is 1.36. The molecule has 2 amide bonds. The number of aliphatic hydroxyl groups excluding tert-OH is 1. The van der Waals surface area contributed by atoms with Gasteiger partial charge in [0, 0.05) is 29.3 Å². The molecule has 2 rings (SSSR count). The third-order valence-electron chi connectivity index (χ3n) is 4.36. The smallest absolute Gasteiger partial charge is 0.313 e. The third-order valence-corrected chi connectivity index (χ3v) is 4.60. The second kappa shape index (κ2) is 8.31. The Morgan fingerprint density at radius 2 is 1.96 bits per heavy atom. The first-order valence-corrected chi connectivity index (χ1v) is 8.38. The molecule has 0 aliphatic heterocycles.